The van der Waals surface area contributed by atoms with E-state index in [1.807, 2.05) is 37.3 Å². The zero-order valence-corrected chi connectivity index (χ0v) is 16.9. The van der Waals surface area contributed by atoms with Crippen LogP contribution in [0.15, 0.2) is 53.5 Å². The van der Waals surface area contributed by atoms with Crippen LogP contribution in [0.1, 0.15) is 18.9 Å². The maximum absolute atomic E-state index is 5.70. The topological polar surface area (TPSA) is 58.1 Å². The van der Waals surface area contributed by atoms with Gasteiger partial charge in [0, 0.05) is 38.3 Å². The molecule has 0 aliphatic carbocycles. The Morgan fingerprint density at radius 3 is 2.64 bits per heavy atom. The highest BCUT2D eigenvalue weighted by Crippen LogP contribution is 2.30. The summed E-state index contributed by atoms with van der Waals surface area (Å²) in [4.78, 5) is 6.74. The minimum Gasteiger partial charge on any atom is -0.495 e. The van der Waals surface area contributed by atoms with Crippen LogP contribution in [0, 0.1) is 0 Å². The third-order valence-electron chi connectivity index (χ3n) is 4.90. The minimum atomic E-state index is 0.332. The monoisotopic (exact) mass is 382 g/mol. The largest absolute Gasteiger partial charge is 0.495 e. The van der Waals surface area contributed by atoms with E-state index in [9.17, 15) is 0 Å². The van der Waals surface area contributed by atoms with Crippen molar-refractivity contribution in [2.24, 2.45) is 4.99 Å². The Morgan fingerprint density at radius 1 is 1.14 bits per heavy atom. The van der Waals surface area contributed by atoms with Crippen LogP contribution in [0.2, 0.25) is 0 Å². The van der Waals surface area contributed by atoms with Crippen LogP contribution < -0.4 is 25.0 Å². The molecule has 0 radical (unpaired) electrons. The van der Waals surface area contributed by atoms with Crippen LogP contribution in [0.5, 0.6) is 11.5 Å². The van der Waals surface area contributed by atoms with Crippen molar-refractivity contribution >= 4 is 11.6 Å². The number of anilines is 1. The molecule has 0 bridgehead atoms. The van der Waals surface area contributed by atoms with Gasteiger partial charge in [0.25, 0.3) is 0 Å². The van der Waals surface area contributed by atoms with Crippen LogP contribution in [-0.2, 0) is 6.54 Å². The predicted molar refractivity (Wildman–Crippen MR) is 115 cm³/mol. The molecule has 3 rings (SSSR count). The summed E-state index contributed by atoms with van der Waals surface area (Å²) in [5.41, 5.74) is 2.26. The summed E-state index contributed by atoms with van der Waals surface area (Å²) in [5, 5.41) is 6.94. The summed E-state index contributed by atoms with van der Waals surface area (Å²) in [6.07, 6.45) is 1.05. The standard InChI is InChI=1S/C22H30N4O2/c1-4-28-20-11-7-5-9-17(20)15-24-22(23-2)25-18-13-14-26(16-18)19-10-6-8-12-21(19)27-3/h5-12,18H,4,13-16H2,1-3H3,(H2,23,24,25). The Bertz CT molecular complexity index is 794. The molecule has 1 aliphatic heterocycles. The molecule has 1 saturated heterocycles. The second-order valence-electron chi connectivity index (χ2n) is 6.71. The molecular formula is C22H30N4O2. The van der Waals surface area contributed by atoms with Crippen molar-refractivity contribution in [3.05, 3.63) is 54.1 Å². The van der Waals surface area contributed by atoms with Gasteiger partial charge in [-0.25, -0.2) is 0 Å². The maximum atomic E-state index is 5.70. The number of hydrogen-bond donors (Lipinski definition) is 2. The Morgan fingerprint density at radius 2 is 1.89 bits per heavy atom. The van der Waals surface area contributed by atoms with Gasteiger partial charge in [-0.3, -0.25) is 4.99 Å². The second kappa shape index (κ2) is 9.88. The molecule has 2 aromatic rings. The van der Waals surface area contributed by atoms with Crippen LogP contribution in [0.25, 0.3) is 0 Å². The number of benzene rings is 2. The Hall–Kier alpha value is -2.89. The highest BCUT2D eigenvalue weighted by molar-refractivity contribution is 5.80. The highest BCUT2D eigenvalue weighted by atomic mass is 16.5. The first-order valence-corrected chi connectivity index (χ1v) is 9.81. The number of para-hydroxylation sites is 3. The lowest BCUT2D eigenvalue weighted by Crippen LogP contribution is -2.44. The number of ether oxygens (including phenoxy) is 2. The molecular weight excluding hydrogens is 352 g/mol. The zero-order chi connectivity index (χ0) is 19.8. The summed E-state index contributed by atoms with van der Waals surface area (Å²) >= 11 is 0. The van der Waals surface area contributed by atoms with E-state index in [4.69, 9.17) is 9.47 Å². The molecule has 0 spiro atoms. The van der Waals surface area contributed by atoms with Crippen molar-refractivity contribution in [1.82, 2.24) is 10.6 Å². The van der Waals surface area contributed by atoms with E-state index in [0.29, 0.717) is 19.2 Å². The van der Waals surface area contributed by atoms with E-state index in [-0.39, 0.29) is 0 Å². The molecule has 1 unspecified atom stereocenters. The van der Waals surface area contributed by atoms with Gasteiger partial charge >= 0.3 is 0 Å². The Kier molecular flexibility index (Phi) is 7.00. The van der Waals surface area contributed by atoms with Crippen molar-refractivity contribution in [3.63, 3.8) is 0 Å². The maximum Gasteiger partial charge on any atom is 0.191 e. The summed E-state index contributed by atoms with van der Waals surface area (Å²) in [6, 6.07) is 16.6. The van der Waals surface area contributed by atoms with Gasteiger partial charge in [-0.15, -0.1) is 0 Å². The van der Waals surface area contributed by atoms with E-state index in [1.54, 1.807) is 14.2 Å². The van der Waals surface area contributed by atoms with Crippen LogP contribution >= 0.6 is 0 Å². The van der Waals surface area contributed by atoms with Gasteiger partial charge in [-0.2, -0.15) is 0 Å². The fraction of sp³-hybridized carbons (Fsp3) is 0.409. The van der Waals surface area contributed by atoms with Gasteiger partial charge in [0.1, 0.15) is 11.5 Å². The average Bonchev–Trinajstić information content (AvgIpc) is 3.20. The number of guanidine groups is 1. The van der Waals surface area contributed by atoms with E-state index in [2.05, 4.69) is 38.7 Å². The summed E-state index contributed by atoms with van der Waals surface area (Å²) in [5.74, 6) is 2.63. The fourth-order valence-corrected chi connectivity index (χ4v) is 3.50. The summed E-state index contributed by atoms with van der Waals surface area (Å²) in [7, 11) is 3.52. The van der Waals surface area contributed by atoms with Gasteiger partial charge < -0.3 is 25.0 Å². The summed E-state index contributed by atoms with van der Waals surface area (Å²) < 4.78 is 11.2. The number of methoxy groups -OCH3 is 1. The molecule has 0 saturated carbocycles. The zero-order valence-electron chi connectivity index (χ0n) is 16.9. The van der Waals surface area contributed by atoms with E-state index < -0.39 is 0 Å². The molecule has 2 N–H and O–H groups in total. The van der Waals surface area contributed by atoms with Crippen molar-refractivity contribution in [1.29, 1.82) is 0 Å². The molecule has 0 amide bonds. The van der Waals surface area contributed by atoms with Crippen LogP contribution in [-0.4, -0.2) is 45.9 Å². The molecule has 28 heavy (non-hydrogen) atoms. The Labute approximate surface area is 167 Å². The number of rotatable bonds is 7. The normalized spacial score (nSPS) is 16.8. The number of nitrogens with one attached hydrogen (secondary N) is 2. The summed E-state index contributed by atoms with van der Waals surface area (Å²) in [6.45, 7) is 5.22. The molecule has 1 atom stereocenters. The molecule has 1 heterocycles. The Balaban J connectivity index is 1.56. The molecule has 6 nitrogen and oxygen atoms in total. The van der Waals surface area contributed by atoms with Crippen molar-refractivity contribution in [3.8, 4) is 11.5 Å². The lowest BCUT2D eigenvalue weighted by atomic mass is 10.2. The van der Waals surface area contributed by atoms with Gasteiger partial charge in [0.15, 0.2) is 5.96 Å². The smallest absolute Gasteiger partial charge is 0.191 e. The number of aliphatic imine (C=N–C) groups is 1. The van der Waals surface area contributed by atoms with Crippen molar-refractivity contribution in [2.75, 3.05) is 38.8 Å². The first-order valence-electron chi connectivity index (χ1n) is 9.81. The third kappa shape index (κ3) is 4.88. The van der Waals surface area contributed by atoms with Crippen LogP contribution in [0.4, 0.5) is 5.69 Å². The SMILES string of the molecule is CCOc1ccccc1CNC(=NC)NC1CCN(c2ccccc2OC)C1. The second-order valence-corrected chi connectivity index (χ2v) is 6.71. The first-order chi connectivity index (χ1) is 13.7. The fourth-order valence-electron chi connectivity index (χ4n) is 3.50. The molecule has 1 fully saturated rings. The predicted octanol–water partition coefficient (Wildman–Crippen LogP) is 3.04. The number of nitrogens with zero attached hydrogens (tertiary/aromatic N) is 2. The van der Waals surface area contributed by atoms with Gasteiger partial charge in [0.05, 0.1) is 19.4 Å². The van der Waals surface area contributed by atoms with E-state index in [0.717, 1.165) is 48.2 Å². The molecule has 1 aliphatic rings. The third-order valence-corrected chi connectivity index (χ3v) is 4.90. The van der Waals surface area contributed by atoms with Crippen molar-refractivity contribution in [2.45, 2.75) is 25.9 Å². The molecule has 2 aromatic carbocycles. The van der Waals surface area contributed by atoms with Gasteiger partial charge in [0.2, 0.25) is 0 Å². The van der Waals surface area contributed by atoms with Gasteiger partial charge in [-0.05, 0) is 31.5 Å². The lowest BCUT2D eigenvalue weighted by molar-refractivity contribution is 0.336. The molecule has 0 aromatic heterocycles. The quantitative estimate of drug-likeness (QED) is 0.569. The molecule has 150 valence electrons. The number of hydrogen-bond acceptors (Lipinski definition) is 4. The lowest BCUT2D eigenvalue weighted by Gasteiger charge is -2.22. The van der Waals surface area contributed by atoms with Crippen molar-refractivity contribution < 1.29 is 9.47 Å². The van der Waals surface area contributed by atoms with E-state index in [1.165, 1.54) is 0 Å². The highest BCUT2D eigenvalue weighted by Gasteiger charge is 2.25. The first kappa shape index (κ1) is 19.9. The van der Waals surface area contributed by atoms with Gasteiger partial charge in [-0.1, -0.05) is 30.3 Å². The average molecular weight is 383 g/mol. The minimum absolute atomic E-state index is 0.332. The van der Waals surface area contributed by atoms with E-state index >= 15 is 0 Å². The van der Waals surface area contributed by atoms with Crippen LogP contribution in [0.3, 0.4) is 0 Å². The molecule has 6 heteroatoms.